The quantitative estimate of drug-likeness (QED) is 0.698. The molecule has 2 amide bonds. The van der Waals surface area contributed by atoms with Crippen molar-refractivity contribution in [2.75, 3.05) is 12.1 Å². The maximum absolute atomic E-state index is 13.9. The summed E-state index contributed by atoms with van der Waals surface area (Å²) in [6, 6.07) is 7.69. The molecular formula is C25H22N2O7. The zero-order valence-corrected chi connectivity index (χ0v) is 18.3. The largest absolute Gasteiger partial charge is 0.467 e. The summed E-state index contributed by atoms with van der Waals surface area (Å²) in [5.74, 6) is -0.534. The van der Waals surface area contributed by atoms with Crippen LogP contribution in [0.2, 0.25) is 0 Å². The van der Waals surface area contributed by atoms with E-state index in [0.717, 1.165) is 0 Å². The third kappa shape index (κ3) is 2.45. The molecule has 2 aromatic rings. The first-order chi connectivity index (χ1) is 16.5. The average Bonchev–Trinajstić information content (AvgIpc) is 3.64. The Morgan fingerprint density at radius 3 is 2.85 bits per heavy atom. The molecule has 0 saturated carbocycles. The van der Waals surface area contributed by atoms with Gasteiger partial charge in [-0.25, -0.2) is 0 Å². The van der Waals surface area contributed by atoms with E-state index in [9.17, 15) is 14.4 Å². The molecule has 1 N–H and O–H groups in total. The molecule has 0 aliphatic carbocycles. The van der Waals surface area contributed by atoms with Crippen molar-refractivity contribution >= 4 is 23.3 Å². The van der Waals surface area contributed by atoms with Crippen molar-refractivity contribution in [1.29, 1.82) is 0 Å². The number of carbonyl (C=O) groups is 3. The van der Waals surface area contributed by atoms with E-state index in [1.165, 1.54) is 6.26 Å². The Balaban J connectivity index is 1.24. The lowest BCUT2D eigenvalue weighted by atomic mass is 9.70. The van der Waals surface area contributed by atoms with Crippen molar-refractivity contribution in [3.8, 4) is 11.5 Å². The average molecular weight is 462 g/mol. The van der Waals surface area contributed by atoms with Gasteiger partial charge < -0.3 is 28.8 Å². The SMILES string of the molecule is C[C@@H]1C(=O)C[C@H](c2ccco2)N2C(=O)[C@@H]3[C@H](C(=O)Nc4ccc5c(c4)OCO5)[C@H]4C=C[C@@]3(O4)[C@H]12. The second kappa shape index (κ2) is 6.73. The highest BCUT2D eigenvalue weighted by Crippen LogP contribution is 2.60. The monoisotopic (exact) mass is 462 g/mol. The van der Waals surface area contributed by atoms with E-state index in [-0.39, 0.29) is 30.8 Å². The molecule has 9 heteroatoms. The molecule has 34 heavy (non-hydrogen) atoms. The van der Waals surface area contributed by atoms with Crippen LogP contribution in [0.15, 0.2) is 53.2 Å². The predicted molar refractivity (Wildman–Crippen MR) is 116 cm³/mol. The maximum atomic E-state index is 13.9. The standard InChI is InChI=1S/C25H22N2O7/c1-12-15(28)10-14(16-3-2-8-31-16)27-22(12)25-7-6-18(34-25)20(21(25)24(27)30)23(29)26-13-4-5-17-19(9-13)33-11-32-17/h2-9,12,14,18,20-22H,10-11H2,1H3,(H,26,29)/t12-,14-,18-,20-,21+,22+,25+/m1/s1. The van der Waals surface area contributed by atoms with E-state index < -0.39 is 41.5 Å². The fraction of sp³-hybridized carbons (Fsp3) is 0.400. The normalized spacial score (nSPS) is 36.7. The lowest BCUT2D eigenvalue weighted by Crippen LogP contribution is -2.55. The Labute approximate surface area is 194 Å². The summed E-state index contributed by atoms with van der Waals surface area (Å²) in [5, 5.41) is 2.92. The second-order valence-corrected chi connectivity index (χ2v) is 9.54. The Bertz CT molecular complexity index is 1250. The Morgan fingerprint density at radius 1 is 1.18 bits per heavy atom. The molecular weight excluding hydrogens is 440 g/mol. The van der Waals surface area contributed by atoms with Crippen LogP contribution in [0.25, 0.3) is 0 Å². The molecule has 1 spiro atoms. The summed E-state index contributed by atoms with van der Waals surface area (Å²) in [6.45, 7) is 1.98. The highest BCUT2D eigenvalue weighted by Gasteiger charge is 2.74. The highest BCUT2D eigenvalue weighted by atomic mass is 16.7. The van der Waals surface area contributed by atoms with E-state index in [2.05, 4.69) is 5.32 Å². The molecule has 7 atom stereocenters. The van der Waals surface area contributed by atoms with E-state index in [1.807, 2.05) is 19.1 Å². The molecule has 0 unspecified atom stereocenters. The third-order valence-electron chi connectivity index (χ3n) is 7.89. The van der Waals surface area contributed by atoms with E-state index in [4.69, 9.17) is 18.6 Å². The zero-order valence-electron chi connectivity index (χ0n) is 18.3. The number of benzene rings is 1. The molecule has 5 aliphatic heterocycles. The van der Waals surface area contributed by atoms with Crippen LogP contribution in [-0.2, 0) is 19.1 Å². The first-order valence-corrected chi connectivity index (χ1v) is 11.4. The van der Waals surface area contributed by atoms with Gasteiger partial charge in [0.05, 0.1) is 36.3 Å². The van der Waals surface area contributed by atoms with Gasteiger partial charge in [-0.2, -0.15) is 0 Å². The van der Waals surface area contributed by atoms with Gasteiger partial charge in [0.1, 0.15) is 17.1 Å². The minimum atomic E-state index is -1.01. The van der Waals surface area contributed by atoms with Crippen LogP contribution in [0.5, 0.6) is 11.5 Å². The lowest BCUT2D eigenvalue weighted by molar-refractivity contribution is -0.147. The van der Waals surface area contributed by atoms with E-state index in [0.29, 0.717) is 22.9 Å². The van der Waals surface area contributed by atoms with Crippen LogP contribution in [0, 0.1) is 17.8 Å². The summed E-state index contributed by atoms with van der Waals surface area (Å²) < 4.78 is 22.7. The van der Waals surface area contributed by atoms with Crippen molar-refractivity contribution < 1.29 is 33.0 Å². The van der Waals surface area contributed by atoms with Gasteiger partial charge in [-0.05, 0) is 24.3 Å². The predicted octanol–water partition coefficient (Wildman–Crippen LogP) is 2.45. The van der Waals surface area contributed by atoms with Gasteiger partial charge in [0, 0.05) is 24.1 Å². The first-order valence-electron chi connectivity index (χ1n) is 11.4. The molecule has 5 aliphatic rings. The Kier molecular flexibility index (Phi) is 3.92. The molecule has 9 nitrogen and oxygen atoms in total. The number of hydrogen-bond acceptors (Lipinski definition) is 7. The molecule has 1 aromatic carbocycles. The number of furan rings is 1. The molecule has 3 saturated heterocycles. The second-order valence-electron chi connectivity index (χ2n) is 9.54. The van der Waals surface area contributed by atoms with Crippen molar-refractivity contribution in [2.45, 2.75) is 37.1 Å². The van der Waals surface area contributed by atoms with Crippen LogP contribution in [-0.4, -0.2) is 47.0 Å². The molecule has 174 valence electrons. The number of ether oxygens (including phenoxy) is 3. The topological polar surface area (TPSA) is 107 Å². The fourth-order valence-electron chi connectivity index (χ4n) is 6.46. The number of hydrogen-bond donors (Lipinski definition) is 1. The van der Waals surface area contributed by atoms with Gasteiger partial charge in [-0.1, -0.05) is 19.1 Å². The van der Waals surface area contributed by atoms with E-state index >= 15 is 0 Å². The van der Waals surface area contributed by atoms with Gasteiger partial charge in [0.2, 0.25) is 18.6 Å². The van der Waals surface area contributed by atoms with Crippen LogP contribution < -0.4 is 14.8 Å². The number of piperidine rings is 1. The number of fused-ring (bicyclic) bond motifs is 3. The van der Waals surface area contributed by atoms with Crippen LogP contribution in [0.1, 0.15) is 25.1 Å². The number of carbonyl (C=O) groups excluding carboxylic acids is 3. The zero-order chi connectivity index (χ0) is 23.2. The summed E-state index contributed by atoms with van der Waals surface area (Å²) >= 11 is 0. The summed E-state index contributed by atoms with van der Waals surface area (Å²) in [6.07, 6.45) is 4.93. The number of ketones is 1. The summed E-state index contributed by atoms with van der Waals surface area (Å²) in [4.78, 5) is 42.2. The van der Waals surface area contributed by atoms with Crippen LogP contribution >= 0.6 is 0 Å². The van der Waals surface area contributed by atoms with Gasteiger partial charge in [0.25, 0.3) is 0 Å². The van der Waals surface area contributed by atoms with Gasteiger partial charge in [0.15, 0.2) is 11.5 Å². The lowest BCUT2D eigenvalue weighted by Gasteiger charge is -2.43. The third-order valence-corrected chi connectivity index (χ3v) is 7.89. The van der Waals surface area contributed by atoms with Gasteiger partial charge in [-0.15, -0.1) is 0 Å². The fourth-order valence-corrected chi connectivity index (χ4v) is 6.46. The molecule has 6 heterocycles. The molecule has 0 radical (unpaired) electrons. The number of anilines is 1. The number of nitrogens with zero attached hydrogens (tertiary/aromatic N) is 1. The first kappa shape index (κ1) is 19.8. The molecule has 1 aromatic heterocycles. The number of amides is 2. The minimum Gasteiger partial charge on any atom is -0.467 e. The number of rotatable bonds is 3. The van der Waals surface area contributed by atoms with Crippen LogP contribution in [0.3, 0.4) is 0 Å². The number of nitrogens with one attached hydrogen (secondary N) is 1. The van der Waals surface area contributed by atoms with E-state index in [1.54, 1.807) is 35.2 Å². The van der Waals surface area contributed by atoms with Gasteiger partial charge in [-0.3, -0.25) is 14.4 Å². The highest BCUT2D eigenvalue weighted by molar-refractivity contribution is 6.01. The molecule has 7 rings (SSSR count). The van der Waals surface area contributed by atoms with Crippen molar-refractivity contribution in [3.05, 3.63) is 54.5 Å². The van der Waals surface area contributed by atoms with Crippen molar-refractivity contribution in [3.63, 3.8) is 0 Å². The van der Waals surface area contributed by atoms with Crippen molar-refractivity contribution in [2.24, 2.45) is 17.8 Å². The Hall–Kier alpha value is -3.59. The Morgan fingerprint density at radius 2 is 2.03 bits per heavy atom. The molecule has 3 fully saturated rings. The van der Waals surface area contributed by atoms with Crippen LogP contribution in [0.4, 0.5) is 5.69 Å². The molecule has 2 bridgehead atoms. The van der Waals surface area contributed by atoms with Gasteiger partial charge >= 0.3 is 0 Å². The minimum absolute atomic E-state index is 0.0548. The maximum Gasteiger partial charge on any atom is 0.231 e. The number of Topliss-reactive ketones (excluding diaryl/α,β-unsaturated/α-hetero) is 1. The van der Waals surface area contributed by atoms with Crippen molar-refractivity contribution in [1.82, 2.24) is 4.90 Å². The summed E-state index contributed by atoms with van der Waals surface area (Å²) in [5.41, 5.74) is -0.464. The summed E-state index contributed by atoms with van der Waals surface area (Å²) in [7, 11) is 0. The smallest absolute Gasteiger partial charge is 0.231 e.